The van der Waals surface area contributed by atoms with Gasteiger partial charge in [0.1, 0.15) is 23.1 Å². The van der Waals surface area contributed by atoms with Gasteiger partial charge in [0.05, 0.1) is 28.7 Å². The van der Waals surface area contributed by atoms with E-state index in [2.05, 4.69) is 15.3 Å². The van der Waals surface area contributed by atoms with Gasteiger partial charge in [-0.2, -0.15) is 0 Å². The van der Waals surface area contributed by atoms with Gasteiger partial charge in [0.2, 0.25) is 0 Å². The lowest BCUT2D eigenvalue weighted by atomic mass is 9.98. The third-order valence-corrected chi connectivity index (χ3v) is 6.03. The number of amides is 2. The van der Waals surface area contributed by atoms with Crippen LogP contribution in [0.3, 0.4) is 0 Å². The monoisotopic (exact) mass is 486 g/mol. The molecule has 1 aliphatic heterocycles. The number of hydrogen-bond donors (Lipinski definition) is 2. The van der Waals surface area contributed by atoms with Crippen LogP contribution in [0.2, 0.25) is 0 Å². The van der Waals surface area contributed by atoms with Crippen LogP contribution in [0.15, 0.2) is 73.1 Å². The van der Waals surface area contributed by atoms with Gasteiger partial charge in [0, 0.05) is 24.8 Å². The number of aromatic hydroxyl groups is 1. The number of pyridine rings is 2. The lowest BCUT2D eigenvalue weighted by Crippen LogP contribution is -2.36. The number of phenolic OH excluding ortho intramolecular Hbond substituents is 1. The average molecular weight is 486 g/mol. The third kappa shape index (κ3) is 4.38. The van der Waals surface area contributed by atoms with Gasteiger partial charge in [-0.25, -0.2) is 13.8 Å². The SMILES string of the molecule is O=C(Nc1cnccc1C(=O)N1CCc2c(O)cccc2C1)c1cccc(-c2c(F)cccc2F)n1. The number of rotatable bonds is 4. The lowest BCUT2D eigenvalue weighted by molar-refractivity contribution is 0.0734. The van der Waals surface area contributed by atoms with Crippen molar-refractivity contribution >= 4 is 17.5 Å². The Morgan fingerprint density at radius 3 is 2.53 bits per heavy atom. The average Bonchev–Trinajstić information content (AvgIpc) is 2.89. The van der Waals surface area contributed by atoms with Crippen molar-refractivity contribution in [2.45, 2.75) is 13.0 Å². The molecule has 0 unspecified atom stereocenters. The Hall–Kier alpha value is -4.66. The van der Waals surface area contributed by atoms with Crippen LogP contribution in [0.25, 0.3) is 11.3 Å². The topological polar surface area (TPSA) is 95.4 Å². The normalized spacial score (nSPS) is 12.7. The molecule has 7 nitrogen and oxygen atoms in total. The van der Waals surface area contributed by atoms with Crippen LogP contribution in [0.4, 0.5) is 14.5 Å². The standard InChI is InChI=1S/C27H20F2N4O3/c28-19-5-2-6-20(29)25(19)21-7-3-8-22(31-21)26(35)32-23-14-30-12-10-18(23)27(36)33-13-11-17-16(15-33)4-1-9-24(17)34/h1-10,12,14,34H,11,13,15H2,(H,32,35). The van der Waals surface area contributed by atoms with Gasteiger partial charge in [-0.3, -0.25) is 14.6 Å². The van der Waals surface area contributed by atoms with E-state index in [1.807, 2.05) is 6.07 Å². The fraction of sp³-hybridized carbons (Fsp3) is 0.111. The van der Waals surface area contributed by atoms with Crippen molar-refractivity contribution in [2.24, 2.45) is 0 Å². The van der Waals surface area contributed by atoms with E-state index < -0.39 is 17.5 Å². The molecule has 2 N–H and O–H groups in total. The van der Waals surface area contributed by atoms with Gasteiger partial charge < -0.3 is 15.3 Å². The number of nitrogens with one attached hydrogen (secondary N) is 1. The third-order valence-electron chi connectivity index (χ3n) is 6.03. The zero-order valence-corrected chi connectivity index (χ0v) is 18.9. The minimum atomic E-state index is -0.795. The summed E-state index contributed by atoms with van der Waals surface area (Å²) >= 11 is 0. The molecular formula is C27H20F2N4O3. The highest BCUT2D eigenvalue weighted by atomic mass is 19.1. The number of anilines is 1. The van der Waals surface area contributed by atoms with Gasteiger partial charge >= 0.3 is 0 Å². The molecule has 0 spiro atoms. The molecule has 0 saturated heterocycles. The van der Waals surface area contributed by atoms with Crippen LogP contribution in [0.5, 0.6) is 5.75 Å². The fourth-order valence-corrected chi connectivity index (χ4v) is 4.24. The molecule has 0 saturated carbocycles. The molecule has 9 heteroatoms. The molecule has 2 amide bonds. The summed E-state index contributed by atoms with van der Waals surface area (Å²) in [5, 5.41) is 12.7. The highest BCUT2D eigenvalue weighted by Gasteiger charge is 2.26. The molecule has 1 aliphatic rings. The summed E-state index contributed by atoms with van der Waals surface area (Å²) in [5.74, 6) is -2.35. The lowest BCUT2D eigenvalue weighted by Gasteiger charge is -2.29. The predicted molar refractivity (Wildman–Crippen MR) is 128 cm³/mol. The molecule has 2 aromatic heterocycles. The maximum absolute atomic E-state index is 14.2. The molecule has 4 aromatic rings. The Morgan fingerprint density at radius 1 is 0.972 bits per heavy atom. The Balaban J connectivity index is 1.39. The highest BCUT2D eigenvalue weighted by Crippen LogP contribution is 2.29. The first-order valence-electron chi connectivity index (χ1n) is 11.2. The second-order valence-corrected chi connectivity index (χ2v) is 8.27. The van der Waals surface area contributed by atoms with Gasteiger partial charge in [0.15, 0.2) is 0 Å². The number of fused-ring (bicyclic) bond motifs is 1. The maximum Gasteiger partial charge on any atom is 0.274 e. The smallest absolute Gasteiger partial charge is 0.274 e. The molecule has 36 heavy (non-hydrogen) atoms. The first-order chi connectivity index (χ1) is 17.4. The first kappa shape index (κ1) is 23.1. The molecule has 5 rings (SSSR count). The highest BCUT2D eigenvalue weighted by molar-refractivity contribution is 6.08. The molecule has 2 aromatic carbocycles. The van der Waals surface area contributed by atoms with Crippen molar-refractivity contribution in [2.75, 3.05) is 11.9 Å². The first-order valence-corrected chi connectivity index (χ1v) is 11.2. The quantitative estimate of drug-likeness (QED) is 0.440. The van der Waals surface area contributed by atoms with E-state index in [0.717, 1.165) is 23.3 Å². The number of halogens is 2. The van der Waals surface area contributed by atoms with Crippen LogP contribution >= 0.6 is 0 Å². The summed E-state index contributed by atoms with van der Waals surface area (Å²) in [7, 11) is 0. The molecule has 0 bridgehead atoms. The largest absolute Gasteiger partial charge is 0.508 e. The van der Waals surface area contributed by atoms with E-state index in [4.69, 9.17) is 0 Å². The Labute approximate surface area is 205 Å². The number of aromatic nitrogens is 2. The minimum absolute atomic E-state index is 0.0315. The molecule has 3 heterocycles. The summed E-state index contributed by atoms with van der Waals surface area (Å²) in [6.45, 7) is 0.715. The summed E-state index contributed by atoms with van der Waals surface area (Å²) in [6.07, 6.45) is 3.31. The van der Waals surface area contributed by atoms with Gasteiger partial charge in [-0.1, -0.05) is 24.3 Å². The van der Waals surface area contributed by atoms with Crippen LogP contribution in [-0.4, -0.2) is 38.3 Å². The Morgan fingerprint density at radius 2 is 1.72 bits per heavy atom. The number of nitrogens with zero attached hydrogens (tertiary/aromatic N) is 3. The molecule has 0 atom stereocenters. The van der Waals surface area contributed by atoms with E-state index in [-0.39, 0.29) is 39.9 Å². The van der Waals surface area contributed by atoms with E-state index >= 15 is 0 Å². The number of hydrogen-bond acceptors (Lipinski definition) is 5. The minimum Gasteiger partial charge on any atom is -0.508 e. The van der Waals surface area contributed by atoms with Crippen LogP contribution in [0, 0.1) is 11.6 Å². The van der Waals surface area contributed by atoms with E-state index in [1.54, 1.807) is 17.0 Å². The summed E-state index contributed by atoms with van der Waals surface area (Å²) in [6, 6.07) is 14.5. The van der Waals surface area contributed by atoms with E-state index in [0.29, 0.717) is 19.5 Å². The second-order valence-electron chi connectivity index (χ2n) is 8.27. The van der Waals surface area contributed by atoms with Crippen molar-refractivity contribution in [3.63, 3.8) is 0 Å². The van der Waals surface area contributed by atoms with Crippen molar-refractivity contribution in [1.82, 2.24) is 14.9 Å². The fourth-order valence-electron chi connectivity index (χ4n) is 4.24. The second kappa shape index (κ2) is 9.53. The van der Waals surface area contributed by atoms with E-state index in [1.165, 1.54) is 42.7 Å². The number of phenols is 1. The Bertz CT molecular complexity index is 1470. The zero-order chi connectivity index (χ0) is 25.2. The van der Waals surface area contributed by atoms with Crippen LogP contribution < -0.4 is 5.32 Å². The van der Waals surface area contributed by atoms with Crippen molar-refractivity contribution in [1.29, 1.82) is 0 Å². The summed E-state index contributed by atoms with van der Waals surface area (Å²) < 4.78 is 28.4. The van der Waals surface area contributed by atoms with Gasteiger partial charge in [-0.15, -0.1) is 0 Å². The van der Waals surface area contributed by atoms with Gasteiger partial charge in [0.25, 0.3) is 11.8 Å². The predicted octanol–water partition coefficient (Wildman–Crippen LogP) is 4.58. The number of carbonyl (C=O) groups excluding carboxylic acids is 2. The van der Waals surface area contributed by atoms with Crippen molar-refractivity contribution in [3.05, 3.63) is 107 Å². The zero-order valence-electron chi connectivity index (χ0n) is 18.9. The molecular weight excluding hydrogens is 466 g/mol. The molecule has 0 fully saturated rings. The van der Waals surface area contributed by atoms with E-state index in [9.17, 15) is 23.5 Å². The summed E-state index contributed by atoms with van der Waals surface area (Å²) in [5.41, 5.74) is 1.64. The molecule has 180 valence electrons. The van der Waals surface area contributed by atoms with Crippen molar-refractivity contribution in [3.8, 4) is 17.0 Å². The molecule has 0 aliphatic carbocycles. The number of benzene rings is 2. The molecule has 0 radical (unpaired) electrons. The Kier molecular flexibility index (Phi) is 6.12. The number of carbonyl (C=O) groups is 2. The maximum atomic E-state index is 14.2. The van der Waals surface area contributed by atoms with Crippen molar-refractivity contribution < 1.29 is 23.5 Å². The van der Waals surface area contributed by atoms with Crippen LogP contribution in [0.1, 0.15) is 32.0 Å². The van der Waals surface area contributed by atoms with Gasteiger partial charge in [-0.05, 0) is 48.4 Å². The summed E-state index contributed by atoms with van der Waals surface area (Å²) in [4.78, 5) is 36.1. The van der Waals surface area contributed by atoms with Crippen LogP contribution in [-0.2, 0) is 13.0 Å².